The van der Waals surface area contributed by atoms with Gasteiger partial charge in [-0.25, -0.2) is 0 Å². The van der Waals surface area contributed by atoms with Gasteiger partial charge in [-0.15, -0.1) is 0 Å². The summed E-state index contributed by atoms with van der Waals surface area (Å²) in [5, 5.41) is 12.1. The van der Waals surface area contributed by atoms with Gasteiger partial charge in [0.25, 0.3) is 0 Å². The van der Waals surface area contributed by atoms with Crippen LogP contribution < -0.4 is 5.32 Å². The van der Waals surface area contributed by atoms with Crippen LogP contribution in [0.4, 0.5) is 0 Å². The van der Waals surface area contributed by atoms with Crippen molar-refractivity contribution in [2.24, 2.45) is 5.92 Å². The number of aliphatic hydroxyl groups excluding tert-OH is 1. The minimum absolute atomic E-state index is 0.00112. The van der Waals surface area contributed by atoms with Crippen molar-refractivity contribution in [2.45, 2.75) is 45.2 Å². The van der Waals surface area contributed by atoms with Crippen LogP contribution in [-0.2, 0) is 4.79 Å². The highest BCUT2D eigenvalue weighted by Crippen LogP contribution is 2.15. The predicted octanol–water partition coefficient (Wildman–Crippen LogP) is 0.604. The molecule has 16 heavy (non-hydrogen) atoms. The summed E-state index contributed by atoms with van der Waals surface area (Å²) in [6.07, 6.45) is 2.85. The second-order valence-electron chi connectivity index (χ2n) is 5.16. The zero-order valence-corrected chi connectivity index (χ0v) is 10.6. The van der Waals surface area contributed by atoms with Crippen LogP contribution in [0.2, 0.25) is 0 Å². The van der Waals surface area contributed by atoms with Crippen molar-refractivity contribution >= 4 is 5.91 Å². The Balaban J connectivity index is 2.42. The van der Waals surface area contributed by atoms with Crippen molar-refractivity contribution in [3.63, 3.8) is 0 Å². The van der Waals surface area contributed by atoms with E-state index in [0.717, 1.165) is 25.8 Å². The topological polar surface area (TPSA) is 52.6 Å². The monoisotopic (exact) mass is 228 g/mol. The fourth-order valence-electron chi connectivity index (χ4n) is 2.29. The van der Waals surface area contributed by atoms with E-state index in [9.17, 15) is 9.90 Å². The first kappa shape index (κ1) is 13.5. The summed E-state index contributed by atoms with van der Waals surface area (Å²) >= 11 is 0. The first-order valence-electron chi connectivity index (χ1n) is 6.16. The molecule has 0 bridgehead atoms. The van der Waals surface area contributed by atoms with Gasteiger partial charge in [0.15, 0.2) is 0 Å². The summed E-state index contributed by atoms with van der Waals surface area (Å²) in [7, 11) is 1.98. The lowest BCUT2D eigenvalue weighted by atomic mass is 10.0. The Morgan fingerprint density at radius 3 is 2.69 bits per heavy atom. The Morgan fingerprint density at radius 1 is 1.56 bits per heavy atom. The molecule has 0 aliphatic carbocycles. The fourth-order valence-corrected chi connectivity index (χ4v) is 2.29. The van der Waals surface area contributed by atoms with E-state index in [2.05, 4.69) is 24.1 Å². The Kier molecular flexibility index (Phi) is 5.22. The van der Waals surface area contributed by atoms with Crippen LogP contribution in [0.1, 0.15) is 33.1 Å². The molecule has 1 rings (SSSR count). The number of nitrogens with one attached hydrogen (secondary N) is 1. The Bertz CT molecular complexity index is 231. The molecule has 1 amide bonds. The fraction of sp³-hybridized carbons (Fsp3) is 0.917. The van der Waals surface area contributed by atoms with Gasteiger partial charge in [-0.3, -0.25) is 9.69 Å². The Hall–Kier alpha value is -0.610. The van der Waals surface area contributed by atoms with E-state index in [0.29, 0.717) is 5.92 Å². The Morgan fingerprint density at radius 2 is 2.25 bits per heavy atom. The van der Waals surface area contributed by atoms with E-state index in [1.807, 2.05) is 7.05 Å². The van der Waals surface area contributed by atoms with Crippen molar-refractivity contribution in [3.8, 4) is 0 Å². The molecule has 1 aliphatic rings. The van der Waals surface area contributed by atoms with Crippen LogP contribution in [0.25, 0.3) is 0 Å². The van der Waals surface area contributed by atoms with Gasteiger partial charge in [-0.1, -0.05) is 13.8 Å². The molecular weight excluding hydrogens is 204 g/mol. The number of likely N-dealkylation sites (tertiary alicyclic amines) is 1. The average Bonchev–Trinajstić information content (AvgIpc) is 2.62. The molecule has 2 N–H and O–H groups in total. The highest BCUT2D eigenvalue weighted by molar-refractivity contribution is 5.82. The molecule has 1 heterocycles. The molecule has 0 aromatic rings. The number of likely N-dealkylation sites (N-methyl/N-ethyl adjacent to an activating group) is 1. The maximum atomic E-state index is 11.9. The predicted molar refractivity (Wildman–Crippen MR) is 64.1 cm³/mol. The Labute approximate surface area is 98.0 Å². The lowest BCUT2D eigenvalue weighted by Gasteiger charge is -2.23. The number of carbonyl (C=O) groups excluding carboxylic acids is 1. The first-order valence-corrected chi connectivity index (χ1v) is 6.16. The number of hydrogen-bond acceptors (Lipinski definition) is 3. The number of hydrogen-bond donors (Lipinski definition) is 2. The third kappa shape index (κ3) is 3.76. The SMILES string of the molecule is CC(C)C[C@@H](CO)NC(=O)[C@@H]1CCCN1C. The van der Waals surface area contributed by atoms with Gasteiger partial charge in [-0.2, -0.15) is 0 Å². The molecule has 0 aromatic heterocycles. The number of amides is 1. The normalized spacial score (nSPS) is 23.7. The molecular formula is C12H24N2O2. The molecule has 1 fully saturated rings. The number of rotatable bonds is 5. The van der Waals surface area contributed by atoms with Crippen molar-refractivity contribution in [1.82, 2.24) is 10.2 Å². The molecule has 2 atom stereocenters. The molecule has 0 spiro atoms. The van der Waals surface area contributed by atoms with Gasteiger partial charge in [0.2, 0.25) is 5.91 Å². The summed E-state index contributed by atoms with van der Waals surface area (Å²) in [6, 6.07) is -0.0947. The molecule has 4 nitrogen and oxygen atoms in total. The molecule has 0 aromatic carbocycles. The standard InChI is InChI=1S/C12H24N2O2/c1-9(2)7-10(8-15)13-12(16)11-5-4-6-14(11)3/h9-11,15H,4-8H2,1-3H3,(H,13,16)/t10-,11-/m0/s1. The maximum absolute atomic E-state index is 11.9. The summed E-state index contributed by atoms with van der Waals surface area (Å²) in [6.45, 7) is 5.21. The van der Waals surface area contributed by atoms with Crippen molar-refractivity contribution in [2.75, 3.05) is 20.2 Å². The second kappa shape index (κ2) is 6.21. The number of carbonyl (C=O) groups is 1. The quantitative estimate of drug-likeness (QED) is 0.724. The third-order valence-corrected chi connectivity index (χ3v) is 3.15. The second-order valence-corrected chi connectivity index (χ2v) is 5.16. The van der Waals surface area contributed by atoms with Crippen LogP contribution >= 0.6 is 0 Å². The zero-order valence-electron chi connectivity index (χ0n) is 10.6. The summed E-state index contributed by atoms with van der Waals surface area (Å²) < 4.78 is 0. The molecule has 0 radical (unpaired) electrons. The van der Waals surface area contributed by atoms with Crippen LogP contribution in [0.15, 0.2) is 0 Å². The number of aliphatic hydroxyl groups is 1. The number of nitrogens with zero attached hydrogens (tertiary/aromatic N) is 1. The van der Waals surface area contributed by atoms with E-state index in [1.165, 1.54) is 0 Å². The minimum atomic E-state index is -0.0958. The molecule has 1 saturated heterocycles. The molecule has 0 unspecified atom stereocenters. The minimum Gasteiger partial charge on any atom is -0.394 e. The van der Waals surface area contributed by atoms with Crippen molar-refractivity contribution in [1.29, 1.82) is 0 Å². The molecule has 4 heteroatoms. The van der Waals surface area contributed by atoms with Crippen LogP contribution in [-0.4, -0.2) is 48.2 Å². The van der Waals surface area contributed by atoms with E-state index in [1.54, 1.807) is 0 Å². The van der Waals surface area contributed by atoms with Crippen LogP contribution in [0, 0.1) is 5.92 Å². The van der Waals surface area contributed by atoms with Gasteiger partial charge in [0, 0.05) is 0 Å². The van der Waals surface area contributed by atoms with E-state index in [-0.39, 0.29) is 24.6 Å². The van der Waals surface area contributed by atoms with Gasteiger partial charge in [0.05, 0.1) is 18.7 Å². The smallest absolute Gasteiger partial charge is 0.237 e. The van der Waals surface area contributed by atoms with E-state index in [4.69, 9.17) is 0 Å². The van der Waals surface area contributed by atoms with E-state index >= 15 is 0 Å². The highest BCUT2D eigenvalue weighted by atomic mass is 16.3. The van der Waals surface area contributed by atoms with Gasteiger partial charge < -0.3 is 10.4 Å². The van der Waals surface area contributed by atoms with Gasteiger partial charge >= 0.3 is 0 Å². The maximum Gasteiger partial charge on any atom is 0.237 e. The average molecular weight is 228 g/mol. The molecule has 94 valence electrons. The molecule has 0 saturated carbocycles. The van der Waals surface area contributed by atoms with Crippen LogP contribution in [0.5, 0.6) is 0 Å². The zero-order chi connectivity index (χ0) is 12.1. The first-order chi connectivity index (χ1) is 7.54. The highest BCUT2D eigenvalue weighted by Gasteiger charge is 2.28. The largest absolute Gasteiger partial charge is 0.394 e. The van der Waals surface area contributed by atoms with Gasteiger partial charge in [-0.05, 0) is 38.8 Å². The summed E-state index contributed by atoms with van der Waals surface area (Å²) in [5.74, 6) is 0.554. The van der Waals surface area contributed by atoms with Crippen molar-refractivity contribution < 1.29 is 9.90 Å². The third-order valence-electron chi connectivity index (χ3n) is 3.15. The molecule has 1 aliphatic heterocycles. The summed E-state index contributed by atoms with van der Waals surface area (Å²) in [5.41, 5.74) is 0. The summed E-state index contributed by atoms with van der Waals surface area (Å²) in [4.78, 5) is 14.0. The lowest BCUT2D eigenvalue weighted by Crippen LogP contribution is -2.47. The lowest BCUT2D eigenvalue weighted by molar-refractivity contribution is -0.126. The van der Waals surface area contributed by atoms with E-state index < -0.39 is 0 Å². The van der Waals surface area contributed by atoms with Crippen molar-refractivity contribution in [3.05, 3.63) is 0 Å². The van der Waals surface area contributed by atoms with Gasteiger partial charge in [0.1, 0.15) is 0 Å². The van der Waals surface area contributed by atoms with Crippen LogP contribution in [0.3, 0.4) is 0 Å².